The Labute approximate surface area is 209 Å². The number of alkyl halides is 9. The van der Waals surface area contributed by atoms with Crippen LogP contribution in [0, 0.1) is 0 Å². The minimum absolute atomic E-state index is 0.00178. The summed E-state index contributed by atoms with van der Waals surface area (Å²) in [5.74, 6) is -1.29. The zero-order chi connectivity index (χ0) is 28.5. The molecule has 1 aromatic rings. The molecule has 17 heteroatoms. The fourth-order valence-corrected chi connectivity index (χ4v) is 4.05. The summed E-state index contributed by atoms with van der Waals surface area (Å²) >= 11 is 0. The van der Waals surface area contributed by atoms with Gasteiger partial charge in [0.2, 0.25) is 0 Å². The smallest absolute Gasteiger partial charge is 0.434 e. The average Bonchev–Trinajstić information content (AvgIpc) is 2.80. The number of halogens is 9. The van der Waals surface area contributed by atoms with Crippen molar-refractivity contribution in [3.63, 3.8) is 0 Å². The predicted molar refractivity (Wildman–Crippen MR) is 110 cm³/mol. The van der Waals surface area contributed by atoms with Gasteiger partial charge in [-0.2, -0.15) is 39.5 Å². The fourth-order valence-electron chi connectivity index (χ4n) is 4.05. The van der Waals surface area contributed by atoms with Crippen LogP contribution in [0.5, 0.6) is 0 Å². The largest absolute Gasteiger partial charge is 0.480 e. The zero-order valence-electron chi connectivity index (χ0n) is 19.4. The fraction of sp³-hybridized carbons (Fsp3) is 0.619. The Hall–Kier alpha value is -2.95. The van der Waals surface area contributed by atoms with E-state index in [1.54, 1.807) is 4.90 Å². The van der Waals surface area contributed by atoms with Crippen LogP contribution in [-0.4, -0.2) is 97.4 Å². The minimum Gasteiger partial charge on any atom is -0.480 e. The second-order valence-corrected chi connectivity index (χ2v) is 8.62. The van der Waals surface area contributed by atoms with Crippen LogP contribution in [0.1, 0.15) is 11.1 Å². The van der Waals surface area contributed by atoms with Crippen LogP contribution in [0.3, 0.4) is 0 Å². The van der Waals surface area contributed by atoms with Gasteiger partial charge in [0, 0.05) is 45.0 Å². The molecule has 214 valence electrons. The number of carboxylic acid groups (broad SMARTS) is 1. The molecule has 1 atom stereocenters. The lowest BCUT2D eigenvalue weighted by Crippen LogP contribution is -2.52. The molecule has 0 saturated carbocycles. The maximum absolute atomic E-state index is 13.6. The zero-order valence-corrected chi connectivity index (χ0v) is 19.4. The van der Waals surface area contributed by atoms with Crippen molar-refractivity contribution >= 4 is 17.7 Å². The number of carboxylic acids is 1. The third kappa shape index (κ3) is 7.33. The van der Waals surface area contributed by atoms with Gasteiger partial charge >= 0.3 is 30.6 Å². The highest BCUT2D eigenvalue weighted by atomic mass is 19.4. The predicted octanol–water partition coefficient (Wildman–Crippen LogP) is 3.74. The number of piperazine rings is 1. The molecule has 2 aliphatic heterocycles. The molecule has 2 aliphatic rings. The van der Waals surface area contributed by atoms with Crippen molar-refractivity contribution in [2.75, 3.05) is 50.8 Å². The quantitative estimate of drug-likeness (QED) is 0.543. The summed E-state index contributed by atoms with van der Waals surface area (Å²) in [4.78, 5) is 26.9. The van der Waals surface area contributed by atoms with Crippen LogP contribution in [0.2, 0.25) is 0 Å². The van der Waals surface area contributed by atoms with Gasteiger partial charge in [-0.25, -0.2) is 9.59 Å². The molecule has 3 rings (SSSR count). The lowest BCUT2D eigenvalue weighted by molar-refractivity contribution is -0.308. The van der Waals surface area contributed by atoms with Gasteiger partial charge in [0.25, 0.3) is 6.10 Å². The Morgan fingerprint density at radius 2 is 1.55 bits per heavy atom. The highest BCUT2D eigenvalue weighted by molar-refractivity contribution is 5.79. The number of amides is 1. The number of nitrogens with zero attached hydrogens (tertiary/aromatic N) is 3. The summed E-state index contributed by atoms with van der Waals surface area (Å²) < 4.78 is 125. The topological polar surface area (TPSA) is 82.6 Å². The first-order valence-electron chi connectivity index (χ1n) is 11.1. The van der Waals surface area contributed by atoms with Crippen LogP contribution in [-0.2, 0) is 27.0 Å². The first kappa shape index (κ1) is 29.6. The van der Waals surface area contributed by atoms with E-state index in [4.69, 9.17) is 4.74 Å². The first-order valence-corrected chi connectivity index (χ1v) is 11.1. The van der Waals surface area contributed by atoms with E-state index in [0.29, 0.717) is 4.90 Å². The van der Waals surface area contributed by atoms with E-state index in [2.05, 4.69) is 4.74 Å². The van der Waals surface area contributed by atoms with Gasteiger partial charge in [0.05, 0.1) is 18.8 Å². The second-order valence-electron chi connectivity index (χ2n) is 8.62. The molecule has 0 spiro atoms. The molecule has 0 aromatic heterocycles. The lowest BCUT2D eigenvalue weighted by Gasteiger charge is -2.36. The Bertz CT molecular complexity index is 994. The number of ether oxygens (including phenoxy) is 2. The summed E-state index contributed by atoms with van der Waals surface area (Å²) in [6, 6.07) is 1.83. The van der Waals surface area contributed by atoms with E-state index < -0.39 is 48.3 Å². The molecule has 2 saturated heterocycles. The van der Waals surface area contributed by atoms with Gasteiger partial charge in [0.1, 0.15) is 0 Å². The summed E-state index contributed by atoms with van der Waals surface area (Å²) in [6.07, 6.45) is -22.6. The first-order chi connectivity index (χ1) is 17.5. The van der Waals surface area contributed by atoms with E-state index in [-0.39, 0.29) is 63.7 Å². The standard InChI is InChI=1S/C21H22F9N3O5/c22-19(23,24)13-7-12(8-14(9-13)33-5-6-37-11-15(33)16(34)35)10-31-1-3-32(4-2-31)18(36)38-17(20(25,26)27)21(28,29)30/h7-9,15,17H,1-6,10-11H2,(H,34,35). The Morgan fingerprint density at radius 1 is 0.947 bits per heavy atom. The number of aliphatic carboxylic acids is 1. The van der Waals surface area contributed by atoms with Crippen molar-refractivity contribution in [3.8, 4) is 0 Å². The minimum atomic E-state index is -5.86. The van der Waals surface area contributed by atoms with Gasteiger partial charge in [-0.05, 0) is 23.8 Å². The van der Waals surface area contributed by atoms with Gasteiger partial charge in [0.15, 0.2) is 6.04 Å². The van der Waals surface area contributed by atoms with Crippen LogP contribution in [0.4, 0.5) is 50.0 Å². The Kier molecular flexibility index (Phi) is 8.60. The maximum atomic E-state index is 13.6. The second kappa shape index (κ2) is 11.0. The van der Waals surface area contributed by atoms with Crippen molar-refractivity contribution in [3.05, 3.63) is 29.3 Å². The van der Waals surface area contributed by atoms with E-state index in [0.717, 1.165) is 12.1 Å². The van der Waals surface area contributed by atoms with E-state index in [9.17, 15) is 54.2 Å². The Morgan fingerprint density at radius 3 is 2.08 bits per heavy atom. The molecule has 38 heavy (non-hydrogen) atoms. The molecule has 0 radical (unpaired) electrons. The number of carbonyl (C=O) groups excluding carboxylic acids is 1. The molecule has 2 fully saturated rings. The third-order valence-electron chi connectivity index (χ3n) is 5.90. The summed E-state index contributed by atoms with van der Waals surface area (Å²) in [7, 11) is 0. The van der Waals surface area contributed by atoms with Gasteiger partial charge < -0.3 is 24.4 Å². The van der Waals surface area contributed by atoms with Crippen LogP contribution in [0.15, 0.2) is 18.2 Å². The third-order valence-corrected chi connectivity index (χ3v) is 5.90. The van der Waals surface area contributed by atoms with E-state index in [1.807, 2.05) is 0 Å². The Balaban J connectivity index is 1.71. The number of benzene rings is 1. The van der Waals surface area contributed by atoms with Crippen molar-refractivity contribution in [1.29, 1.82) is 0 Å². The highest BCUT2D eigenvalue weighted by Crippen LogP contribution is 2.37. The molecule has 8 nitrogen and oxygen atoms in total. The van der Waals surface area contributed by atoms with Gasteiger partial charge in [-0.15, -0.1) is 0 Å². The van der Waals surface area contributed by atoms with E-state index in [1.165, 1.54) is 11.0 Å². The van der Waals surface area contributed by atoms with Crippen molar-refractivity contribution in [2.45, 2.75) is 37.2 Å². The van der Waals surface area contributed by atoms with E-state index >= 15 is 0 Å². The molecule has 0 aliphatic carbocycles. The molecule has 1 amide bonds. The number of morpholine rings is 1. The van der Waals surface area contributed by atoms with Gasteiger partial charge in [-0.3, -0.25) is 4.90 Å². The van der Waals surface area contributed by atoms with Crippen molar-refractivity contribution in [2.24, 2.45) is 0 Å². The van der Waals surface area contributed by atoms with Crippen LogP contribution < -0.4 is 4.90 Å². The molecular weight excluding hydrogens is 545 g/mol. The SMILES string of the molecule is O=C(O)C1COCCN1c1cc(CN2CCN(C(=O)OC(C(F)(F)F)C(F)(F)F)CC2)cc(C(F)(F)F)c1. The normalized spacial score (nSPS) is 20.1. The molecule has 0 bridgehead atoms. The monoisotopic (exact) mass is 567 g/mol. The number of rotatable bonds is 5. The maximum Gasteiger partial charge on any atom is 0.434 e. The van der Waals surface area contributed by atoms with Crippen molar-refractivity contribution < 1.29 is 63.7 Å². The van der Waals surface area contributed by atoms with Crippen molar-refractivity contribution in [1.82, 2.24) is 9.80 Å². The number of hydrogen-bond acceptors (Lipinski definition) is 6. The lowest BCUT2D eigenvalue weighted by atomic mass is 10.1. The van der Waals surface area contributed by atoms with Crippen LogP contribution >= 0.6 is 0 Å². The number of carbonyl (C=O) groups is 2. The number of anilines is 1. The summed E-state index contributed by atoms with van der Waals surface area (Å²) in [5, 5.41) is 9.42. The van der Waals surface area contributed by atoms with Crippen LogP contribution in [0.25, 0.3) is 0 Å². The highest BCUT2D eigenvalue weighted by Gasteiger charge is 2.60. The molecule has 2 heterocycles. The molecule has 1 unspecified atom stereocenters. The molecule has 1 aromatic carbocycles. The number of hydrogen-bond donors (Lipinski definition) is 1. The summed E-state index contributed by atoms with van der Waals surface area (Å²) in [5.41, 5.74) is -0.901. The average molecular weight is 567 g/mol. The summed E-state index contributed by atoms with van der Waals surface area (Å²) in [6.45, 7) is -1.07. The van der Waals surface area contributed by atoms with Gasteiger partial charge in [-0.1, -0.05) is 0 Å². The molecular formula is C21H22F9N3O5. The molecule has 1 N–H and O–H groups in total.